The van der Waals surface area contributed by atoms with Crippen molar-refractivity contribution in [2.24, 2.45) is 5.92 Å². The number of nitrogen functional groups attached to an aromatic ring is 2. The quantitative estimate of drug-likeness (QED) is 0.0128. The number of hydrogen-bond donors (Lipinski definition) is 9. The van der Waals surface area contributed by atoms with Crippen LogP contribution in [0.25, 0.3) is 22.1 Å². The molecule has 13 rings (SSSR count). The Balaban J connectivity index is 0.000000200. The molecular formula is C92H115ClF2N17O18PS3. The molecule has 134 heavy (non-hydrogen) atoms. The SMILES string of the molecule is CC(C)OC(=O)[C@H](C)N[P@](=O)(CO[C@H](C)Cn1cnc2c(N)ncnc21)Oc1ccccc1.CC(C)c1nc(CN(C)C(=O)N[C@@H](CCN2CCOCC2)C(=O)N[C@H](CC[C@H](Cc2ccccc2)NC(=O)OCc2cncs2)Cc2ccccc2)cs1.COc1cc2c(cc1Cc1cccc(Cl)c1F)c(=O)c(C(=O)O)cn2[C@H](CO)C(C)C.Nc1nc(=O)n([C@@H]2CS[C@H](CO)O2)cc1F. The summed E-state index contributed by atoms with van der Waals surface area (Å²) in [6, 6.07) is 33.6. The fraction of sp³-hybridized carbons (Fsp3) is 0.424. The first-order valence-electron chi connectivity index (χ1n) is 43.4. The minimum Gasteiger partial charge on any atom is -0.496 e. The van der Waals surface area contributed by atoms with Gasteiger partial charge in [0.2, 0.25) is 11.3 Å². The number of ether oxygens (including phenoxy) is 6. The van der Waals surface area contributed by atoms with Crippen molar-refractivity contribution in [1.29, 1.82) is 0 Å². The molecule has 720 valence electrons. The van der Waals surface area contributed by atoms with E-state index in [1.54, 1.807) is 114 Å². The second kappa shape index (κ2) is 51.3. The van der Waals surface area contributed by atoms with Crippen LogP contribution in [0.3, 0.4) is 0 Å². The summed E-state index contributed by atoms with van der Waals surface area (Å²) in [6.45, 7) is 18.8. The molecule has 0 radical (unpaired) electrons. The van der Waals surface area contributed by atoms with Crippen LogP contribution in [0.2, 0.25) is 5.02 Å². The number of carboxylic acid groups (broad SMARTS) is 1. The molecule has 8 heterocycles. The number of amides is 4. The van der Waals surface area contributed by atoms with Crippen molar-refractivity contribution in [3.05, 3.63) is 244 Å². The predicted molar refractivity (Wildman–Crippen MR) is 509 cm³/mol. The summed E-state index contributed by atoms with van der Waals surface area (Å²) in [6.07, 6.45) is 7.71. The second-order valence-corrected chi connectivity index (χ2v) is 38.2. The lowest BCUT2D eigenvalue weighted by Crippen LogP contribution is -2.54. The average molecular weight is 1950 g/mol. The number of pyridine rings is 1. The smallest absolute Gasteiger partial charge is 0.407 e. The number of aliphatic hydroxyl groups is 2. The number of aromatic carboxylic acids is 1. The number of rotatable bonds is 39. The maximum Gasteiger partial charge on any atom is 0.407 e. The number of para-hydroxylation sites is 1. The molecule has 5 aromatic carbocycles. The van der Waals surface area contributed by atoms with Crippen LogP contribution in [-0.2, 0) is 76.8 Å². The highest BCUT2D eigenvalue weighted by atomic mass is 35.5. The van der Waals surface area contributed by atoms with Crippen LogP contribution >= 0.6 is 53.6 Å². The van der Waals surface area contributed by atoms with E-state index in [9.17, 15) is 57.1 Å². The lowest BCUT2D eigenvalue weighted by Gasteiger charge is -2.30. The van der Waals surface area contributed by atoms with E-state index in [0.29, 0.717) is 122 Å². The zero-order valence-electron chi connectivity index (χ0n) is 76.0. The number of aromatic nitrogens is 9. The van der Waals surface area contributed by atoms with Crippen LogP contribution in [0, 0.1) is 17.6 Å². The average Bonchev–Trinajstić information content (AvgIpc) is 1.20. The van der Waals surface area contributed by atoms with Crippen LogP contribution < -0.4 is 52.9 Å². The van der Waals surface area contributed by atoms with Gasteiger partial charge in [-0.2, -0.15) is 4.98 Å². The van der Waals surface area contributed by atoms with Crippen molar-refractivity contribution < 1.29 is 85.6 Å². The fourth-order valence-corrected chi connectivity index (χ4v) is 18.5. The maximum absolute atomic E-state index is 14.4. The van der Waals surface area contributed by atoms with Gasteiger partial charge in [-0.1, -0.05) is 130 Å². The standard InChI is InChI=1S/C40H53N7O5S2.C23H23ClFNO5.C21H29N6O5P.C8H10FN3O3S/c1-29(2)38-43-34(27-53-38)25-46(3)39(49)45-36(16-17-47-18-20-51-21-19-47)37(48)42-32(22-30-10-6-4-7-11-30)14-15-33(23-31-12-8-5-9-13-31)44-40(50)52-26-35-24-41-28-54-35;1-12(2)19(11-27)26-10-16(23(29)30)22(28)15-8-14(20(31-3)9-18(15)26)7-13-5-4-6-17(24)21(13)25;1-14(2)31-21(28)16(4)26-33(29,32-17-8-6-5-7-9-17)13-30-15(3)10-27-12-25-18-19(22)23-11-24-20(18)27;9-4-1-12(8(14)11-7(4)10)5-3-16-6(2-13)15-5/h4-13,24,27-29,32-33,36H,14-23,25-26H2,1-3H3,(H,42,48)(H,44,50)(H,45,49);4-6,8-10,12,19,27H,7,11H2,1-3H3,(H,29,30);5-9,11-12,14-16H,10,13H2,1-4H3,(H,26,29)(H2,22,23,24);1,5-6,13H,2-3H2,(H2,10,11,14)/t32-,33-,36+;19-;15-,16+,33+;5-,6+/m1110/s1. The van der Waals surface area contributed by atoms with Crippen LogP contribution in [-0.4, -0.2) is 213 Å². The molecule has 0 unspecified atom stereocenters. The van der Waals surface area contributed by atoms with Crippen LogP contribution in [0.5, 0.6) is 11.5 Å². The fourth-order valence-electron chi connectivity index (χ4n) is 14.3. The topological polar surface area (TPSA) is 461 Å². The van der Waals surface area contributed by atoms with Crippen molar-refractivity contribution in [1.82, 2.24) is 74.4 Å². The number of halogens is 3. The number of anilines is 2. The highest BCUT2D eigenvalue weighted by molar-refractivity contribution is 8.00. The maximum atomic E-state index is 14.4. The molecule has 9 atom stereocenters. The number of thiazole rings is 2. The molecule has 2 aliphatic rings. The first-order chi connectivity index (χ1) is 64.2. The number of thioether (sulfide) groups is 1. The third-order valence-corrected chi connectivity index (χ3v) is 26.4. The highest BCUT2D eigenvalue weighted by Crippen LogP contribution is 2.44. The first kappa shape index (κ1) is 105. The van der Waals surface area contributed by atoms with E-state index < -0.39 is 89.5 Å². The summed E-state index contributed by atoms with van der Waals surface area (Å²) in [5, 5.41) is 43.7. The number of esters is 1. The predicted octanol–water partition coefficient (Wildman–Crippen LogP) is 12.8. The van der Waals surface area contributed by atoms with E-state index >= 15 is 0 Å². The van der Waals surface area contributed by atoms with Gasteiger partial charge in [-0.3, -0.25) is 33.4 Å². The van der Waals surface area contributed by atoms with Crippen molar-refractivity contribution >= 4 is 117 Å². The number of benzene rings is 5. The number of fused-ring (bicyclic) bond motifs is 2. The highest BCUT2D eigenvalue weighted by Gasteiger charge is 2.35. The number of methoxy groups -OCH3 is 1. The third-order valence-electron chi connectivity index (χ3n) is 21.3. The zero-order chi connectivity index (χ0) is 96.7. The number of morpholine rings is 1. The van der Waals surface area contributed by atoms with Gasteiger partial charge in [0.05, 0.1) is 109 Å². The number of carbonyl (C=O) groups is 5. The largest absolute Gasteiger partial charge is 0.496 e. The van der Waals surface area contributed by atoms with Gasteiger partial charge in [0.15, 0.2) is 23.1 Å². The Morgan fingerprint density at radius 1 is 0.799 bits per heavy atom. The van der Waals surface area contributed by atoms with Crippen molar-refractivity contribution in [2.75, 3.05) is 83.8 Å². The third kappa shape index (κ3) is 31.1. The number of hydrogen-bond acceptors (Lipinski definition) is 29. The normalized spacial score (nSPS) is 15.6. The zero-order valence-corrected chi connectivity index (χ0v) is 80.1. The number of carboxylic acids is 1. The molecule has 0 saturated carbocycles. The van der Waals surface area contributed by atoms with E-state index in [2.05, 4.69) is 69.7 Å². The lowest BCUT2D eigenvalue weighted by molar-refractivity contribution is -0.149. The minimum absolute atomic E-state index is 0.0181. The molecule has 2 aliphatic heterocycles. The molecule has 2 fully saturated rings. The number of urea groups is 1. The van der Waals surface area contributed by atoms with Gasteiger partial charge >= 0.3 is 37.3 Å². The van der Waals surface area contributed by atoms with Gasteiger partial charge < -0.3 is 89.7 Å². The van der Waals surface area contributed by atoms with Gasteiger partial charge in [-0.05, 0) is 112 Å². The molecule has 4 amide bonds. The van der Waals surface area contributed by atoms with Crippen LogP contribution in [0.4, 0.5) is 30.0 Å². The Bertz CT molecular complexity index is 5830. The monoisotopic (exact) mass is 1950 g/mol. The van der Waals surface area contributed by atoms with Gasteiger partial charge in [0.25, 0.3) is 0 Å². The second-order valence-electron chi connectivity index (χ2n) is 32.7. The van der Waals surface area contributed by atoms with Gasteiger partial charge in [0, 0.05) is 86.1 Å². The molecule has 6 aromatic heterocycles. The van der Waals surface area contributed by atoms with Crippen molar-refractivity contribution in [3.8, 4) is 11.5 Å². The molecular weight excluding hydrogens is 1830 g/mol. The van der Waals surface area contributed by atoms with Crippen LogP contribution in [0.15, 0.2) is 173 Å². The van der Waals surface area contributed by atoms with Crippen molar-refractivity contribution in [3.63, 3.8) is 0 Å². The molecule has 11 aromatic rings. The number of carbonyl (C=O) groups excluding carboxylic acids is 4. The molecule has 11 N–H and O–H groups in total. The number of aliphatic hydroxyl groups excluding tert-OH is 2. The van der Waals surface area contributed by atoms with E-state index in [1.165, 1.54) is 54.9 Å². The Morgan fingerprint density at radius 3 is 2.09 bits per heavy atom. The lowest BCUT2D eigenvalue weighted by atomic mass is 9.95. The number of imidazole rings is 1. The summed E-state index contributed by atoms with van der Waals surface area (Å²) in [7, 11) is -0.457. The summed E-state index contributed by atoms with van der Waals surface area (Å²) >= 11 is 10.3. The van der Waals surface area contributed by atoms with Crippen molar-refractivity contribution in [2.45, 2.75) is 174 Å². The van der Waals surface area contributed by atoms with E-state index in [0.717, 1.165) is 50.6 Å². The number of nitrogens with one attached hydrogen (secondary N) is 4. The molecule has 35 nitrogen and oxygen atoms in total. The summed E-state index contributed by atoms with van der Waals surface area (Å²) in [5.74, 6) is -2.07. The Labute approximate surface area is 791 Å². The summed E-state index contributed by atoms with van der Waals surface area (Å²) < 4.78 is 84.3. The first-order valence-corrected chi connectivity index (χ1v) is 48.4. The molecule has 0 bridgehead atoms. The summed E-state index contributed by atoms with van der Waals surface area (Å²) in [5.41, 5.74) is 15.9. The van der Waals surface area contributed by atoms with Gasteiger partial charge in [-0.15, -0.1) is 34.4 Å². The number of nitrogens with zero attached hydrogens (tertiary/aromatic N) is 11. The van der Waals surface area contributed by atoms with Gasteiger partial charge in [0.1, 0.15) is 71.4 Å². The Kier molecular flexibility index (Phi) is 40.1. The number of alkyl carbamates (subject to hydrolysis) is 1. The van der Waals surface area contributed by atoms with E-state index in [4.69, 9.17) is 61.1 Å². The van der Waals surface area contributed by atoms with E-state index in [1.807, 2.05) is 92.9 Å². The van der Waals surface area contributed by atoms with E-state index in [-0.39, 0.29) is 85.1 Å². The van der Waals surface area contributed by atoms with Crippen LogP contribution in [0.1, 0.15) is 141 Å². The molecule has 42 heteroatoms. The Morgan fingerprint density at radius 2 is 1.48 bits per heavy atom. The number of nitrogens with two attached hydrogens (primary N) is 2. The Hall–Kier alpha value is -11.4. The molecule has 0 aliphatic carbocycles. The summed E-state index contributed by atoms with van der Waals surface area (Å²) in [4.78, 5) is 118. The molecule has 2 saturated heterocycles. The van der Waals surface area contributed by atoms with Gasteiger partial charge in [-0.25, -0.2) is 53.0 Å². The minimum atomic E-state index is -3.64. The molecule has 0 spiro atoms.